The fraction of sp³-hybridized carbons (Fsp3) is 0.909. The van der Waals surface area contributed by atoms with Crippen LogP contribution in [0.4, 0.5) is 0 Å². The van der Waals surface area contributed by atoms with Crippen molar-refractivity contribution in [3.05, 3.63) is 5.82 Å². The predicted molar refractivity (Wildman–Crippen MR) is 61.8 cm³/mol. The van der Waals surface area contributed by atoms with E-state index in [1.807, 2.05) is 0 Å². The number of aliphatic hydroxyl groups is 1. The molecule has 16 heavy (non-hydrogen) atoms. The average Bonchev–Trinajstić information content (AvgIpc) is 2.63. The summed E-state index contributed by atoms with van der Waals surface area (Å²) in [6, 6.07) is 0. The largest absolute Gasteiger partial charge is 0.392 e. The van der Waals surface area contributed by atoms with Crippen LogP contribution in [0.2, 0.25) is 0 Å². The van der Waals surface area contributed by atoms with Gasteiger partial charge < -0.3 is 5.11 Å². The summed E-state index contributed by atoms with van der Waals surface area (Å²) in [4.78, 5) is 1.43. The van der Waals surface area contributed by atoms with Crippen molar-refractivity contribution in [3.8, 4) is 0 Å². The van der Waals surface area contributed by atoms with Crippen LogP contribution >= 0.6 is 0 Å². The van der Waals surface area contributed by atoms with Crippen LogP contribution in [-0.4, -0.2) is 31.4 Å². The molecule has 1 heterocycles. The lowest BCUT2D eigenvalue weighted by Crippen LogP contribution is -2.23. The van der Waals surface area contributed by atoms with Crippen molar-refractivity contribution >= 4 is 0 Å². The molecule has 0 saturated heterocycles. The van der Waals surface area contributed by atoms with Crippen molar-refractivity contribution < 1.29 is 5.11 Å². The summed E-state index contributed by atoms with van der Waals surface area (Å²) in [7, 11) is 1.73. The van der Waals surface area contributed by atoms with Crippen LogP contribution in [0.1, 0.15) is 45.4 Å². The smallest absolute Gasteiger partial charge is 0.177 e. The molecule has 0 aliphatic heterocycles. The van der Waals surface area contributed by atoms with Gasteiger partial charge in [-0.15, -0.1) is 10.2 Å². The number of hydrogen-bond donors (Lipinski definition) is 1. The van der Waals surface area contributed by atoms with Gasteiger partial charge in [0.05, 0.1) is 13.2 Å². The van der Waals surface area contributed by atoms with E-state index >= 15 is 0 Å². The zero-order valence-electron chi connectivity index (χ0n) is 10.4. The molecule has 1 unspecified atom stereocenters. The lowest BCUT2D eigenvalue weighted by Gasteiger charge is -2.20. The molecule has 0 radical (unpaired) electrons. The van der Waals surface area contributed by atoms with Gasteiger partial charge in [-0.3, -0.25) is 0 Å². The molecule has 0 spiro atoms. The molecule has 5 nitrogen and oxygen atoms in total. The lowest BCUT2D eigenvalue weighted by atomic mass is 9.90. The zero-order chi connectivity index (χ0) is 12.0. The molecule has 1 rings (SSSR count). The third-order valence-electron chi connectivity index (χ3n) is 2.80. The summed E-state index contributed by atoms with van der Waals surface area (Å²) in [6.07, 6.45) is 4.51. The molecule has 0 amide bonds. The molecule has 0 aromatic carbocycles. The van der Waals surface area contributed by atoms with Crippen LogP contribution < -0.4 is 0 Å². The molecule has 1 N–H and O–H groups in total. The number of nitrogens with zero attached hydrogens (tertiary/aromatic N) is 4. The van der Waals surface area contributed by atoms with Gasteiger partial charge >= 0.3 is 0 Å². The zero-order valence-corrected chi connectivity index (χ0v) is 10.4. The molecule has 1 aromatic heterocycles. The second kappa shape index (κ2) is 6.58. The average molecular weight is 226 g/mol. The van der Waals surface area contributed by atoms with E-state index in [2.05, 4.69) is 29.3 Å². The summed E-state index contributed by atoms with van der Waals surface area (Å²) in [6.45, 7) is 4.30. The van der Waals surface area contributed by atoms with Gasteiger partial charge in [0.2, 0.25) is 0 Å². The highest BCUT2D eigenvalue weighted by atomic mass is 16.3. The van der Waals surface area contributed by atoms with Gasteiger partial charge in [-0.05, 0) is 24.0 Å². The Morgan fingerprint density at radius 2 is 1.88 bits per heavy atom. The quantitative estimate of drug-likeness (QED) is 0.762. The van der Waals surface area contributed by atoms with E-state index < -0.39 is 0 Å². The van der Waals surface area contributed by atoms with E-state index in [0.717, 1.165) is 25.7 Å². The van der Waals surface area contributed by atoms with Gasteiger partial charge in [-0.25, -0.2) is 0 Å². The molecule has 92 valence electrons. The van der Waals surface area contributed by atoms with Gasteiger partial charge in [0, 0.05) is 6.42 Å². The minimum absolute atomic E-state index is 0.343. The Morgan fingerprint density at radius 1 is 1.25 bits per heavy atom. The van der Waals surface area contributed by atoms with Gasteiger partial charge in [0.1, 0.15) is 0 Å². The van der Waals surface area contributed by atoms with Gasteiger partial charge in [0.15, 0.2) is 5.82 Å². The summed E-state index contributed by atoms with van der Waals surface area (Å²) in [5, 5.41) is 21.9. The normalized spacial score (nSPS) is 13.3. The molecule has 1 atom stereocenters. The van der Waals surface area contributed by atoms with E-state index in [-0.39, 0.29) is 6.10 Å². The fourth-order valence-corrected chi connectivity index (χ4v) is 2.03. The van der Waals surface area contributed by atoms with Crippen molar-refractivity contribution in [2.75, 3.05) is 0 Å². The van der Waals surface area contributed by atoms with Gasteiger partial charge in [0.25, 0.3) is 0 Å². The Bertz CT molecular complexity index is 294. The Balaban J connectivity index is 2.50. The Labute approximate surface area is 96.9 Å². The number of hydrogen-bond acceptors (Lipinski definition) is 4. The van der Waals surface area contributed by atoms with Crippen LogP contribution in [0.3, 0.4) is 0 Å². The van der Waals surface area contributed by atoms with Crippen molar-refractivity contribution in [2.45, 2.75) is 52.1 Å². The lowest BCUT2D eigenvalue weighted by molar-refractivity contribution is 0.0944. The summed E-state index contributed by atoms with van der Waals surface area (Å²) in [5.41, 5.74) is 0. The molecule has 0 aliphatic carbocycles. The molecule has 0 bridgehead atoms. The summed E-state index contributed by atoms with van der Waals surface area (Å²) >= 11 is 0. The highest BCUT2D eigenvalue weighted by Gasteiger charge is 2.19. The third-order valence-corrected chi connectivity index (χ3v) is 2.80. The first-order valence-electron chi connectivity index (χ1n) is 6.08. The minimum Gasteiger partial charge on any atom is -0.392 e. The Hall–Kier alpha value is -0.970. The Kier molecular flexibility index (Phi) is 5.38. The molecular formula is C11H22N4O. The van der Waals surface area contributed by atoms with Gasteiger partial charge in [-0.1, -0.05) is 26.7 Å². The van der Waals surface area contributed by atoms with Crippen LogP contribution in [0.25, 0.3) is 0 Å². The maximum Gasteiger partial charge on any atom is 0.177 e. The van der Waals surface area contributed by atoms with Crippen LogP contribution in [0, 0.1) is 5.92 Å². The van der Waals surface area contributed by atoms with E-state index in [4.69, 9.17) is 0 Å². The number of rotatable bonds is 7. The molecule has 0 saturated carbocycles. The van der Waals surface area contributed by atoms with Crippen molar-refractivity contribution in [1.82, 2.24) is 20.2 Å². The van der Waals surface area contributed by atoms with E-state index in [1.54, 1.807) is 7.05 Å². The van der Waals surface area contributed by atoms with Crippen LogP contribution in [0.15, 0.2) is 0 Å². The molecular weight excluding hydrogens is 204 g/mol. The standard InChI is InChI=1S/C11H22N4O/c1-4-6-9(7-5-2)10(16)8-11-12-14-15(3)13-11/h9-10,16H,4-8H2,1-3H3. The van der Waals surface area contributed by atoms with Crippen LogP contribution in [-0.2, 0) is 13.5 Å². The molecule has 0 fully saturated rings. The topological polar surface area (TPSA) is 63.8 Å². The van der Waals surface area contributed by atoms with Crippen LogP contribution in [0.5, 0.6) is 0 Å². The molecule has 5 heteroatoms. The highest BCUT2D eigenvalue weighted by Crippen LogP contribution is 2.19. The maximum atomic E-state index is 10.1. The van der Waals surface area contributed by atoms with E-state index in [0.29, 0.717) is 18.2 Å². The third kappa shape index (κ3) is 3.89. The van der Waals surface area contributed by atoms with E-state index in [1.165, 1.54) is 4.80 Å². The first kappa shape index (κ1) is 13.1. The minimum atomic E-state index is -0.343. The second-order valence-electron chi connectivity index (χ2n) is 4.30. The second-order valence-corrected chi connectivity index (χ2v) is 4.30. The first-order chi connectivity index (χ1) is 7.67. The Morgan fingerprint density at radius 3 is 2.31 bits per heavy atom. The predicted octanol–water partition coefficient (Wildman–Crippen LogP) is 1.33. The number of aliphatic hydroxyl groups excluding tert-OH is 1. The molecule has 0 aliphatic rings. The SMILES string of the molecule is CCCC(CCC)C(O)Cc1nnn(C)n1. The first-order valence-corrected chi connectivity index (χ1v) is 6.08. The highest BCUT2D eigenvalue weighted by molar-refractivity contribution is 4.83. The van der Waals surface area contributed by atoms with Crippen molar-refractivity contribution in [3.63, 3.8) is 0 Å². The fourth-order valence-electron chi connectivity index (χ4n) is 2.03. The number of aryl methyl sites for hydroxylation is 1. The van der Waals surface area contributed by atoms with Crippen molar-refractivity contribution in [2.24, 2.45) is 13.0 Å². The van der Waals surface area contributed by atoms with Gasteiger partial charge in [-0.2, -0.15) is 4.80 Å². The summed E-state index contributed by atoms with van der Waals surface area (Å²) in [5.74, 6) is 0.992. The number of tetrazole rings is 1. The monoisotopic (exact) mass is 226 g/mol. The van der Waals surface area contributed by atoms with Crippen molar-refractivity contribution in [1.29, 1.82) is 0 Å². The molecule has 1 aromatic rings. The summed E-state index contributed by atoms with van der Waals surface area (Å²) < 4.78 is 0. The number of aromatic nitrogens is 4. The maximum absolute atomic E-state index is 10.1. The van der Waals surface area contributed by atoms with E-state index in [9.17, 15) is 5.11 Å².